The highest BCUT2D eigenvalue weighted by Gasteiger charge is 2.23. The SMILES string of the molecule is O=C(NCc1ccco1)C(=O)NNC(=O)[C@H](Sc1ccccc1)c1ccccc1. The van der Waals surface area contributed by atoms with Crippen molar-refractivity contribution in [1.29, 1.82) is 0 Å². The maximum Gasteiger partial charge on any atom is 0.327 e. The average molecular weight is 409 g/mol. The monoisotopic (exact) mass is 409 g/mol. The number of amides is 3. The molecule has 0 spiro atoms. The van der Waals surface area contributed by atoms with Crippen molar-refractivity contribution >= 4 is 29.5 Å². The minimum absolute atomic E-state index is 0.0731. The molecule has 0 aliphatic rings. The maximum absolute atomic E-state index is 12.7. The molecule has 0 saturated carbocycles. The minimum Gasteiger partial charge on any atom is -0.467 e. The second-order valence-corrected chi connectivity index (χ2v) is 7.11. The van der Waals surface area contributed by atoms with Crippen molar-refractivity contribution in [1.82, 2.24) is 16.2 Å². The summed E-state index contributed by atoms with van der Waals surface area (Å²) in [5.41, 5.74) is 5.26. The highest BCUT2D eigenvalue weighted by Crippen LogP contribution is 2.35. The van der Waals surface area contributed by atoms with Crippen LogP contribution in [-0.4, -0.2) is 17.7 Å². The van der Waals surface area contributed by atoms with Crippen molar-refractivity contribution in [2.24, 2.45) is 0 Å². The molecule has 0 unspecified atom stereocenters. The molecule has 1 heterocycles. The molecule has 7 nitrogen and oxygen atoms in total. The van der Waals surface area contributed by atoms with Crippen LogP contribution in [0.25, 0.3) is 0 Å². The number of carbonyl (C=O) groups excluding carboxylic acids is 3. The van der Waals surface area contributed by atoms with Crippen molar-refractivity contribution in [3.05, 3.63) is 90.4 Å². The van der Waals surface area contributed by atoms with Gasteiger partial charge in [-0.3, -0.25) is 25.2 Å². The zero-order valence-corrected chi connectivity index (χ0v) is 16.1. The van der Waals surface area contributed by atoms with Gasteiger partial charge < -0.3 is 9.73 Å². The van der Waals surface area contributed by atoms with Gasteiger partial charge in [-0.15, -0.1) is 11.8 Å². The zero-order valence-electron chi connectivity index (χ0n) is 15.3. The first-order chi connectivity index (χ1) is 14.1. The molecule has 0 aliphatic heterocycles. The quantitative estimate of drug-likeness (QED) is 0.330. The summed E-state index contributed by atoms with van der Waals surface area (Å²) in [6.45, 7) is 0.0731. The van der Waals surface area contributed by atoms with E-state index < -0.39 is 23.0 Å². The van der Waals surface area contributed by atoms with E-state index >= 15 is 0 Å². The number of thioether (sulfide) groups is 1. The molecule has 3 amide bonds. The van der Waals surface area contributed by atoms with E-state index in [1.54, 1.807) is 12.1 Å². The van der Waals surface area contributed by atoms with Crippen molar-refractivity contribution < 1.29 is 18.8 Å². The molecule has 3 aromatic rings. The lowest BCUT2D eigenvalue weighted by Crippen LogP contribution is -2.49. The van der Waals surface area contributed by atoms with Gasteiger partial charge in [0, 0.05) is 4.90 Å². The number of benzene rings is 2. The van der Waals surface area contributed by atoms with E-state index in [9.17, 15) is 14.4 Å². The lowest BCUT2D eigenvalue weighted by Gasteiger charge is -2.17. The number of nitrogens with one attached hydrogen (secondary N) is 3. The van der Waals surface area contributed by atoms with Crippen LogP contribution in [0.5, 0.6) is 0 Å². The van der Waals surface area contributed by atoms with E-state index in [-0.39, 0.29) is 6.54 Å². The Bertz CT molecular complexity index is 947. The van der Waals surface area contributed by atoms with Gasteiger partial charge in [-0.1, -0.05) is 48.5 Å². The number of hydrogen-bond donors (Lipinski definition) is 3. The molecule has 1 aromatic heterocycles. The summed E-state index contributed by atoms with van der Waals surface area (Å²) < 4.78 is 5.08. The summed E-state index contributed by atoms with van der Waals surface area (Å²) in [6, 6.07) is 22.0. The largest absolute Gasteiger partial charge is 0.467 e. The fourth-order valence-corrected chi connectivity index (χ4v) is 3.48. The lowest BCUT2D eigenvalue weighted by molar-refractivity contribution is -0.141. The van der Waals surface area contributed by atoms with Crippen molar-refractivity contribution in [3.63, 3.8) is 0 Å². The average Bonchev–Trinajstić information content (AvgIpc) is 3.29. The molecule has 0 fully saturated rings. The topological polar surface area (TPSA) is 100 Å². The first kappa shape index (κ1) is 20.2. The summed E-state index contributed by atoms with van der Waals surface area (Å²) in [7, 11) is 0. The number of hydrazine groups is 1. The van der Waals surface area contributed by atoms with E-state index in [2.05, 4.69) is 16.2 Å². The molecular formula is C21H19N3O4S. The molecule has 148 valence electrons. The van der Waals surface area contributed by atoms with Crippen LogP contribution in [0.1, 0.15) is 16.6 Å². The van der Waals surface area contributed by atoms with E-state index in [0.29, 0.717) is 5.76 Å². The Kier molecular flexibility index (Phi) is 7.07. The Morgan fingerprint density at radius 2 is 1.52 bits per heavy atom. The Morgan fingerprint density at radius 1 is 0.828 bits per heavy atom. The van der Waals surface area contributed by atoms with E-state index in [1.807, 2.05) is 60.7 Å². The number of rotatable bonds is 6. The van der Waals surface area contributed by atoms with Gasteiger partial charge in [-0.05, 0) is 29.8 Å². The van der Waals surface area contributed by atoms with Crippen molar-refractivity contribution in [2.75, 3.05) is 0 Å². The number of carbonyl (C=O) groups is 3. The smallest absolute Gasteiger partial charge is 0.327 e. The Morgan fingerprint density at radius 3 is 2.17 bits per heavy atom. The summed E-state index contributed by atoms with van der Waals surface area (Å²) in [4.78, 5) is 37.4. The molecule has 0 saturated heterocycles. The van der Waals surface area contributed by atoms with Crippen LogP contribution in [0.3, 0.4) is 0 Å². The molecule has 3 rings (SSSR count). The summed E-state index contributed by atoms with van der Waals surface area (Å²) in [6.07, 6.45) is 1.47. The highest BCUT2D eigenvalue weighted by atomic mass is 32.2. The Balaban J connectivity index is 1.59. The molecule has 3 N–H and O–H groups in total. The van der Waals surface area contributed by atoms with E-state index in [0.717, 1.165) is 10.5 Å². The van der Waals surface area contributed by atoms with E-state index in [4.69, 9.17) is 4.42 Å². The van der Waals surface area contributed by atoms with Gasteiger partial charge in [-0.25, -0.2) is 0 Å². The second kappa shape index (κ2) is 10.1. The maximum atomic E-state index is 12.7. The van der Waals surface area contributed by atoms with Crippen molar-refractivity contribution in [3.8, 4) is 0 Å². The zero-order chi connectivity index (χ0) is 20.5. The Hall–Kier alpha value is -3.52. The van der Waals surface area contributed by atoms with Crippen LogP contribution >= 0.6 is 11.8 Å². The van der Waals surface area contributed by atoms with Crippen LogP contribution < -0.4 is 16.2 Å². The van der Waals surface area contributed by atoms with Crippen molar-refractivity contribution in [2.45, 2.75) is 16.7 Å². The molecule has 0 aliphatic carbocycles. The molecule has 8 heteroatoms. The summed E-state index contributed by atoms with van der Waals surface area (Å²) >= 11 is 1.34. The van der Waals surface area contributed by atoms with Gasteiger partial charge in [0.25, 0.3) is 5.91 Å². The van der Waals surface area contributed by atoms with Gasteiger partial charge in [-0.2, -0.15) is 0 Å². The highest BCUT2D eigenvalue weighted by molar-refractivity contribution is 8.00. The third-order valence-corrected chi connectivity index (χ3v) is 5.11. The van der Waals surface area contributed by atoms with Gasteiger partial charge in [0.1, 0.15) is 11.0 Å². The fourth-order valence-electron chi connectivity index (χ4n) is 2.44. The molecule has 29 heavy (non-hydrogen) atoms. The molecule has 1 atom stereocenters. The predicted molar refractivity (Wildman–Crippen MR) is 108 cm³/mol. The molecule has 2 aromatic carbocycles. The van der Waals surface area contributed by atoms with Gasteiger partial charge in [0.2, 0.25) is 0 Å². The minimum atomic E-state index is -0.971. The van der Waals surface area contributed by atoms with Gasteiger partial charge in [0.15, 0.2) is 0 Å². The number of hydrogen-bond acceptors (Lipinski definition) is 5. The second-order valence-electron chi connectivity index (χ2n) is 5.93. The normalized spacial score (nSPS) is 11.3. The van der Waals surface area contributed by atoms with E-state index in [1.165, 1.54) is 18.0 Å². The van der Waals surface area contributed by atoms with Crippen LogP contribution in [-0.2, 0) is 20.9 Å². The van der Waals surface area contributed by atoms with Crippen LogP contribution in [0.15, 0.2) is 88.4 Å². The third-order valence-electron chi connectivity index (χ3n) is 3.85. The van der Waals surface area contributed by atoms with Crippen LogP contribution in [0.4, 0.5) is 0 Å². The van der Waals surface area contributed by atoms with Gasteiger partial charge >= 0.3 is 11.8 Å². The summed E-state index contributed by atoms with van der Waals surface area (Å²) in [5, 5.41) is 1.80. The molecule has 0 bridgehead atoms. The standard InChI is InChI=1S/C21H19N3O4S/c25-19(23-24-21(27)20(26)22-14-16-10-7-13-28-16)18(15-8-3-1-4-9-15)29-17-11-5-2-6-12-17/h1-13,18H,14H2,(H,22,26)(H,23,25)(H,24,27)/t18-/m1/s1. The first-order valence-corrected chi connectivity index (χ1v) is 9.68. The fraction of sp³-hybridized carbons (Fsp3) is 0.0952. The van der Waals surface area contributed by atoms with Gasteiger partial charge in [0.05, 0.1) is 12.8 Å². The third kappa shape index (κ3) is 5.98. The number of furan rings is 1. The Labute approximate surface area is 171 Å². The molecule has 0 radical (unpaired) electrons. The predicted octanol–water partition coefficient (Wildman–Crippen LogP) is 2.58. The summed E-state index contributed by atoms with van der Waals surface area (Å²) in [5.74, 6) is -1.79. The lowest BCUT2D eigenvalue weighted by atomic mass is 10.1. The van der Waals surface area contributed by atoms with Crippen LogP contribution in [0.2, 0.25) is 0 Å². The van der Waals surface area contributed by atoms with Crippen LogP contribution in [0, 0.1) is 0 Å². The first-order valence-electron chi connectivity index (χ1n) is 8.80. The molecular weight excluding hydrogens is 390 g/mol.